The monoisotopic (exact) mass is 762 g/mol. The van der Waals surface area contributed by atoms with Crippen molar-refractivity contribution in [2.75, 3.05) is 69.1 Å². The molecule has 5 aliphatic heterocycles. The Balaban J connectivity index is 0.000000846. The van der Waals surface area contributed by atoms with E-state index in [4.69, 9.17) is 4.98 Å². The van der Waals surface area contributed by atoms with Crippen molar-refractivity contribution in [3.05, 3.63) is 30.2 Å². The van der Waals surface area contributed by atoms with Crippen molar-refractivity contribution in [2.45, 2.75) is 82.6 Å². The minimum Gasteiger partial charge on any atom is -0.364 e. The van der Waals surface area contributed by atoms with Gasteiger partial charge in [0.05, 0.1) is 47.4 Å². The van der Waals surface area contributed by atoms with E-state index in [-0.39, 0.29) is 49.1 Å². The molecule has 14 nitrogen and oxygen atoms in total. The summed E-state index contributed by atoms with van der Waals surface area (Å²) in [7, 11) is 0. The highest BCUT2D eigenvalue weighted by atomic mass is 19.4. The summed E-state index contributed by atoms with van der Waals surface area (Å²) in [6.07, 6.45) is 4.74. The first-order valence-electron chi connectivity index (χ1n) is 18.6. The highest BCUT2D eigenvalue weighted by Gasteiger charge is 2.52. The number of aromatic nitrogens is 3. The predicted octanol–water partition coefficient (Wildman–Crippen LogP) is 3.62. The maximum atomic E-state index is 13.2. The number of piperazine rings is 1. The van der Waals surface area contributed by atoms with Gasteiger partial charge < -0.3 is 35.2 Å². The zero-order valence-corrected chi connectivity index (χ0v) is 30.5. The molecule has 2 atom stereocenters. The van der Waals surface area contributed by atoms with Gasteiger partial charge in [-0.1, -0.05) is 0 Å². The summed E-state index contributed by atoms with van der Waals surface area (Å²) in [5.41, 5.74) is 5.44. The van der Waals surface area contributed by atoms with Gasteiger partial charge in [-0.2, -0.15) is 23.4 Å². The summed E-state index contributed by atoms with van der Waals surface area (Å²) in [5.74, 6) is -3.46. The first-order valence-corrected chi connectivity index (χ1v) is 18.6. The number of rotatable bonds is 8. The van der Waals surface area contributed by atoms with Gasteiger partial charge in [-0.25, -0.2) is 23.5 Å². The lowest BCUT2D eigenvalue weighted by Crippen LogP contribution is -2.64. The number of hydrazine groups is 1. The molecule has 2 aromatic heterocycles. The number of nitrogens with one attached hydrogen (secondary N) is 3. The minimum atomic E-state index is -4.27. The van der Waals surface area contributed by atoms with Crippen molar-refractivity contribution in [3.63, 3.8) is 0 Å². The number of piperidine rings is 1. The maximum absolute atomic E-state index is 13.2. The van der Waals surface area contributed by atoms with Crippen LogP contribution in [-0.4, -0.2) is 135 Å². The van der Waals surface area contributed by atoms with Crippen LogP contribution in [-0.2, 0) is 4.79 Å². The summed E-state index contributed by atoms with van der Waals surface area (Å²) in [5, 5.41) is 22.5. The average Bonchev–Trinajstić information content (AvgIpc) is 3.39. The van der Waals surface area contributed by atoms with Crippen LogP contribution in [0.2, 0.25) is 0 Å². The number of urea groups is 1. The van der Waals surface area contributed by atoms with E-state index in [1.807, 2.05) is 29.4 Å². The standard InChI is InChI=1S/C32H41F3N12O2.C3H6F2/c33-32(34,35)21-13-44(14-21)30(49)47-24-3-4-25(47)17-43(16-24)26-2-1-9-46-28(26)40-29(41-46)39-23-12-38-45(15-23)18-27(48)42-10-5-22(6-11-42)37-20-31(19-36)7-8-31;1-3(2,4)5/h1-2,9,15,21-22,24-25,37-38H,3-8,10-14,16-18,20H2,(H,39,41);1-2H3. The maximum Gasteiger partial charge on any atom is 0.395 e. The van der Waals surface area contributed by atoms with E-state index >= 15 is 0 Å². The van der Waals surface area contributed by atoms with Gasteiger partial charge in [0.15, 0.2) is 5.65 Å². The molecule has 5 fully saturated rings. The quantitative estimate of drug-likeness (QED) is 0.342. The molecule has 7 heterocycles. The topological polar surface area (TPSA) is 140 Å². The van der Waals surface area contributed by atoms with Crippen LogP contribution in [0.4, 0.5) is 38.4 Å². The molecule has 19 heteroatoms. The van der Waals surface area contributed by atoms with E-state index in [1.165, 1.54) is 4.90 Å². The number of amides is 3. The molecule has 1 aliphatic carbocycles. The van der Waals surface area contributed by atoms with Crippen LogP contribution in [0, 0.1) is 22.7 Å². The Morgan fingerprint density at radius 3 is 2.30 bits per heavy atom. The van der Waals surface area contributed by atoms with Gasteiger partial charge in [-0.05, 0) is 64.5 Å². The third kappa shape index (κ3) is 8.59. The zero-order chi connectivity index (χ0) is 38.4. The number of nitriles is 1. The smallest absolute Gasteiger partial charge is 0.364 e. The van der Waals surface area contributed by atoms with Crippen molar-refractivity contribution >= 4 is 29.2 Å². The Labute approximate surface area is 310 Å². The number of carbonyl (C=O) groups is 2. The summed E-state index contributed by atoms with van der Waals surface area (Å²) >= 11 is 0. The molecule has 2 aromatic rings. The van der Waals surface area contributed by atoms with Crippen LogP contribution < -0.4 is 21.0 Å². The van der Waals surface area contributed by atoms with Crippen LogP contribution in [0.5, 0.6) is 0 Å². The molecule has 2 unspecified atom stereocenters. The van der Waals surface area contributed by atoms with Gasteiger partial charge in [-0.3, -0.25) is 4.79 Å². The van der Waals surface area contributed by atoms with Gasteiger partial charge in [0, 0.05) is 64.3 Å². The summed E-state index contributed by atoms with van der Waals surface area (Å²) in [4.78, 5) is 38.2. The lowest BCUT2D eigenvalue weighted by Gasteiger charge is -2.47. The van der Waals surface area contributed by atoms with E-state index in [0.717, 1.165) is 70.3 Å². The minimum absolute atomic E-state index is 0.0563. The SMILES string of the molecule is CC(C)(F)F.N#CC1(CNC2CCN(C(=O)CN3C=C(Nc4nc5c(N6CC7CCC(C6)N7C(=O)N6CC(C(F)(F)F)C6)cccn5n4)CN3)CC2)CC1. The number of pyridine rings is 1. The Morgan fingerprint density at radius 2 is 1.69 bits per heavy atom. The Kier molecular flexibility index (Phi) is 10.3. The first-order chi connectivity index (χ1) is 25.6. The summed E-state index contributed by atoms with van der Waals surface area (Å²) in [6, 6.07) is 6.20. The van der Waals surface area contributed by atoms with Crippen molar-refractivity contribution in [1.82, 2.24) is 45.0 Å². The number of hydrogen-bond acceptors (Lipinski definition) is 10. The molecular formula is C35H47F5N12O2. The highest BCUT2D eigenvalue weighted by molar-refractivity contribution is 5.79. The second-order valence-corrected chi connectivity index (χ2v) is 15.7. The molecule has 8 rings (SSSR count). The lowest BCUT2D eigenvalue weighted by atomic mass is 10.00. The van der Waals surface area contributed by atoms with Crippen molar-refractivity contribution < 1.29 is 31.5 Å². The molecule has 0 spiro atoms. The lowest BCUT2D eigenvalue weighted by molar-refractivity contribution is -0.203. The van der Waals surface area contributed by atoms with Gasteiger partial charge >= 0.3 is 12.2 Å². The van der Waals surface area contributed by atoms with Crippen LogP contribution >= 0.6 is 0 Å². The molecular weight excluding hydrogens is 715 g/mol. The Hall–Kier alpha value is -4.44. The van der Waals surface area contributed by atoms with E-state index in [9.17, 15) is 36.8 Å². The second-order valence-electron chi connectivity index (χ2n) is 15.7. The second kappa shape index (κ2) is 14.7. The number of hydrogen-bond donors (Lipinski definition) is 3. The fourth-order valence-electron chi connectivity index (χ4n) is 7.79. The average molecular weight is 763 g/mol. The summed E-state index contributed by atoms with van der Waals surface area (Å²) < 4.78 is 62.8. The molecule has 0 radical (unpaired) electrons. The van der Waals surface area contributed by atoms with Crippen molar-refractivity contribution in [1.29, 1.82) is 5.26 Å². The van der Waals surface area contributed by atoms with Crippen LogP contribution in [0.3, 0.4) is 0 Å². The molecule has 0 aromatic carbocycles. The first kappa shape index (κ1) is 37.9. The van der Waals surface area contributed by atoms with Gasteiger partial charge in [0.25, 0.3) is 0 Å². The molecule has 1 saturated carbocycles. The summed E-state index contributed by atoms with van der Waals surface area (Å²) in [6.45, 7) is 5.15. The van der Waals surface area contributed by atoms with Crippen molar-refractivity contribution in [3.8, 4) is 6.07 Å². The normalized spacial score (nSPS) is 24.2. The number of carbonyl (C=O) groups excluding carboxylic acids is 2. The highest BCUT2D eigenvalue weighted by Crippen LogP contribution is 2.44. The molecule has 3 N–H and O–H groups in total. The van der Waals surface area contributed by atoms with E-state index in [1.54, 1.807) is 14.4 Å². The molecule has 294 valence electrons. The van der Waals surface area contributed by atoms with Crippen LogP contribution in [0.25, 0.3) is 5.65 Å². The van der Waals surface area contributed by atoms with Crippen LogP contribution in [0.15, 0.2) is 30.2 Å². The molecule has 4 saturated heterocycles. The van der Waals surface area contributed by atoms with Crippen molar-refractivity contribution in [2.24, 2.45) is 11.3 Å². The Morgan fingerprint density at radius 1 is 1.02 bits per heavy atom. The molecule has 6 aliphatic rings. The Bertz CT molecular complexity index is 1750. The van der Waals surface area contributed by atoms with E-state index in [2.05, 4.69) is 32.1 Å². The number of halogens is 5. The third-order valence-corrected chi connectivity index (χ3v) is 11.0. The number of alkyl halides is 5. The van der Waals surface area contributed by atoms with E-state index < -0.39 is 18.0 Å². The molecule has 54 heavy (non-hydrogen) atoms. The van der Waals surface area contributed by atoms with Gasteiger partial charge in [-0.15, -0.1) is 5.10 Å². The zero-order valence-electron chi connectivity index (χ0n) is 30.5. The predicted molar refractivity (Wildman–Crippen MR) is 188 cm³/mol. The molecule has 2 bridgehead atoms. The molecule has 3 amide bonds. The van der Waals surface area contributed by atoms with Gasteiger partial charge in [0.2, 0.25) is 17.8 Å². The van der Waals surface area contributed by atoms with E-state index in [0.29, 0.717) is 50.4 Å². The third-order valence-electron chi connectivity index (χ3n) is 11.0. The van der Waals surface area contributed by atoms with Crippen LogP contribution in [0.1, 0.15) is 52.4 Å². The largest absolute Gasteiger partial charge is 0.395 e. The number of nitrogens with zero attached hydrogens (tertiary/aromatic N) is 9. The fourth-order valence-corrected chi connectivity index (χ4v) is 7.79. The van der Waals surface area contributed by atoms with Gasteiger partial charge in [0.1, 0.15) is 6.54 Å². The number of likely N-dealkylation sites (tertiary alicyclic amines) is 2. The number of anilines is 2. The number of fused-ring (bicyclic) bond motifs is 3. The fraction of sp³-hybridized carbons (Fsp3) is 0.686.